The molecule has 9 heteroatoms. The van der Waals surface area contributed by atoms with Gasteiger partial charge in [0.2, 0.25) is 16.9 Å². The van der Waals surface area contributed by atoms with E-state index in [2.05, 4.69) is 36.3 Å². The summed E-state index contributed by atoms with van der Waals surface area (Å²) in [6.07, 6.45) is 0.609. The molecule has 4 aromatic rings. The zero-order valence-electron chi connectivity index (χ0n) is 14.1. The van der Waals surface area contributed by atoms with Gasteiger partial charge >= 0.3 is 0 Å². The van der Waals surface area contributed by atoms with Gasteiger partial charge in [0.1, 0.15) is 0 Å². The van der Waals surface area contributed by atoms with E-state index in [1.54, 1.807) is 0 Å². The first-order valence-electron chi connectivity index (χ1n) is 8.14. The van der Waals surface area contributed by atoms with Crippen molar-refractivity contribution in [1.29, 1.82) is 0 Å². The largest absolute Gasteiger partial charge is 0.424 e. The van der Waals surface area contributed by atoms with Crippen LogP contribution < -0.4 is 5.84 Å². The van der Waals surface area contributed by atoms with Gasteiger partial charge in [-0.1, -0.05) is 70.2 Å². The molecule has 0 aliphatic rings. The van der Waals surface area contributed by atoms with E-state index in [9.17, 15) is 0 Å². The van der Waals surface area contributed by atoms with Crippen molar-refractivity contribution in [3.63, 3.8) is 0 Å². The number of nitrogen functional groups attached to an aromatic ring is 1. The number of rotatable bonds is 6. The second-order valence-electron chi connectivity index (χ2n) is 5.70. The van der Waals surface area contributed by atoms with Gasteiger partial charge in [-0.05, 0) is 17.7 Å². The Balaban J connectivity index is 1.43. The minimum Gasteiger partial charge on any atom is -0.424 e. The van der Waals surface area contributed by atoms with Crippen LogP contribution in [0.4, 0.5) is 0 Å². The Morgan fingerprint density at radius 2 is 1.67 bits per heavy atom. The molecular formula is C18H15BrN6OS. The monoisotopic (exact) mass is 442 g/mol. The lowest BCUT2D eigenvalue weighted by Crippen LogP contribution is -2.11. The summed E-state index contributed by atoms with van der Waals surface area (Å²) >= 11 is 4.90. The van der Waals surface area contributed by atoms with E-state index < -0.39 is 0 Å². The number of aromatic nitrogens is 5. The Morgan fingerprint density at radius 1 is 0.926 bits per heavy atom. The first-order valence-corrected chi connectivity index (χ1v) is 9.92. The van der Waals surface area contributed by atoms with Gasteiger partial charge in [-0.15, -0.1) is 20.4 Å². The first kappa shape index (κ1) is 17.7. The predicted molar refractivity (Wildman–Crippen MR) is 106 cm³/mol. The number of halogens is 1. The van der Waals surface area contributed by atoms with Crippen molar-refractivity contribution in [1.82, 2.24) is 25.1 Å². The fraction of sp³-hybridized carbons (Fsp3) is 0.111. The maximum Gasteiger partial charge on any atom is 0.226 e. The third-order valence-electron chi connectivity index (χ3n) is 3.81. The van der Waals surface area contributed by atoms with E-state index in [1.807, 2.05) is 54.6 Å². The number of nitrogens with zero attached hydrogens (tertiary/aromatic N) is 5. The minimum absolute atomic E-state index is 0.465. The van der Waals surface area contributed by atoms with Crippen LogP contribution in [-0.2, 0) is 12.2 Å². The standard InChI is InChI=1S/C18H15BrN6OS/c19-14-9-5-4-8-13(14)17-23-24-18(25(17)20)27-11-16-22-21-15(26-16)10-12-6-2-1-3-7-12/h1-9H,10-11,20H2. The molecule has 0 fully saturated rings. The van der Waals surface area contributed by atoms with Crippen LogP contribution in [0.15, 0.2) is 68.6 Å². The van der Waals surface area contributed by atoms with Crippen LogP contribution in [0.3, 0.4) is 0 Å². The number of benzene rings is 2. The topological polar surface area (TPSA) is 95.7 Å². The van der Waals surface area contributed by atoms with Gasteiger partial charge < -0.3 is 10.3 Å². The van der Waals surface area contributed by atoms with Gasteiger partial charge in [-0.2, -0.15) is 0 Å². The molecule has 0 radical (unpaired) electrons. The zero-order valence-corrected chi connectivity index (χ0v) is 16.5. The molecule has 2 heterocycles. The Hall–Kier alpha value is -2.65. The third kappa shape index (κ3) is 4.04. The van der Waals surface area contributed by atoms with Crippen LogP contribution >= 0.6 is 27.7 Å². The van der Waals surface area contributed by atoms with Crippen molar-refractivity contribution >= 4 is 27.7 Å². The average molecular weight is 443 g/mol. The lowest BCUT2D eigenvalue weighted by Gasteiger charge is -2.04. The predicted octanol–water partition coefficient (Wildman–Crippen LogP) is 3.69. The van der Waals surface area contributed by atoms with Crippen LogP contribution in [0.1, 0.15) is 17.3 Å². The van der Waals surface area contributed by atoms with Crippen molar-refractivity contribution in [3.8, 4) is 11.4 Å². The molecule has 0 aliphatic carbocycles. The fourth-order valence-corrected chi connectivity index (χ4v) is 3.67. The van der Waals surface area contributed by atoms with Crippen LogP contribution in [0, 0.1) is 0 Å². The molecule has 0 saturated carbocycles. The molecule has 0 saturated heterocycles. The van der Waals surface area contributed by atoms with Crippen molar-refractivity contribution in [2.24, 2.45) is 0 Å². The summed E-state index contributed by atoms with van der Waals surface area (Å²) in [6.45, 7) is 0. The highest BCUT2D eigenvalue weighted by atomic mass is 79.9. The smallest absolute Gasteiger partial charge is 0.226 e. The highest BCUT2D eigenvalue weighted by molar-refractivity contribution is 9.10. The lowest BCUT2D eigenvalue weighted by molar-refractivity contribution is 0.474. The van der Waals surface area contributed by atoms with E-state index in [0.29, 0.717) is 34.9 Å². The molecule has 0 unspecified atom stereocenters. The van der Waals surface area contributed by atoms with Crippen LogP contribution in [0.2, 0.25) is 0 Å². The molecule has 0 amide bonds. The lowest BCUT2D eigenvalue weighted by atomic mass is 10.2. The van der Waals surface area contributed by atoms with E-state index in [1.165, 1.54) is 16.4 Å². The van der Waals surface area contributed by atoms with Gasteiger partial charge in [0, 0.05) is 10.0 Å². The average Bonchev–Trinajstić information content (AvgIpc) is 3.28. The minimum atomic E-state index is 0.465. The molecule has 0 bridgehead atoms. The molecule has 2 aromatic carbocycles. The Labute approximate surface area is 168 Å². The normalized spacial score (nSPS) is 11.0. The molecule has 27 heavy (non-hydrogen) atoms. The van der Waals surface area contributed by atoms with Gasteiger partial charge in [0.15, 0.2) is 5.82 Å². The molecule has 0 atom stereocenters. The van der Waals surface area contributed by atoms with E-state index >= 15 is 0 Å². The van der Waals surface area contributed by atoms with Crippen molar-refractivity contribution in [2.45, 2.75) is 17.3 Å². The van der Waals surface area contributed by atoms with Gasteiger partial charge in [-0.25, -0.2) is 4.68 Å². The maximum absolute atomic E-state index is 6.16. The highest BCUT2D eigenvalue weighted by Crippen LogP contribution is 2.28. The number of hydrogen-bond acceptors (Lipinski definition) is 7. The van der Waals surface area contributed by atoms with Crippen LogP contribution in [-0.4, -0.2) is 25.1 Å². The van der Waals surface area contributed by atoms with E-state index in [0.717, 1.165) is 15.6 Å². The summed E-state index contributed by atoms with van der Waals surface area (Å²) in [4.78, 5) is 0. The molecular weight excluding hydrogens is 428 g/mol. The molecule has 4 rings (SSSR count). The molecule has 2 aromatic heterocycles. The third-order valence-corrected chi connectivity index (χ3v) is 5.43. The number of hydrogen-bond donors (Lipinski definition) is 1. The summed E-state index contributed by atoms with van der Waals surface area (Å²) in [5, 5.41) is 17.1. The Bertz CT molecular complexity index is 1050. The van der Waals surface area contributed by atoms with Crippen LogP contribution in [0.25, 0.3) is 11.4 Å². The summed E-state index contributed by atoms with van der Waals surface area (Å²) in [5.74, 6) is 8.32. The van der Waals surface area contributed by atoms with Crippen LogP contribution in [0.5, 0.6) is 0 Å². The SMILES string of the molecule is Nn1c(SCc2nnc(Cc3ccccc3)o2)nnc1-c1ccccc1Br. The fourth-order valence-electron chi connectivity index (χ4n) is 2.52. The van der Waals surface area contributed by atoms with Gasteiger partial charge in [0.05, 0.1) is 12.2 Å². The summed E-state index contributed by atoms with van der Waals surface area (Å²) in [5.41, 5.74) is 2.00. The van der Waals surface area contributed by atoms with E-state index in [4.69, 9.17) is 10.3 Å². The summed E-state index contributed by atoms with van der Waals surface area (Å²) < 4.78 is 8.08. The molecule has 7 nitrogen and oxygen atoms in total. The molecule has 0 aliphatic heterocycles. The summed E-state index contributed by atoms with van der Waals surface area (Å²) in [7, 11) is 0. The second-order valence-corrected chi connectivity index (χ2v) is 7.49. The first-order chi connectivity index (χ1) is 13.2. The highest BCUT2D eigenvalue weighted by Gasteiger charge is 2.16. The summed E-state index contributed by atoms with van der Waals surface area (Å²) in [6, 6.07) is 17.7. The molecule has 136 valence electrons. The zero-order chi connectivity index (χ0) is 18.6. The second kappa shape index (κ2) is 7.93. The van der Waals surface area contributed by atoms with E-state index in [-0.39, 0.29) is 0 Å². The Kier molecular flexibility index (Phi) is 5.21. The maximum atomic E-state index is 6.16. The molecule has 2 N–H and O–H groups in total. The molecule has 0 spiro atoms. The van der Waals surface area contributed by atoms with Crippen molar-refractivity contribution in [3.05, 3.63) is 76.4 Å². The Morgan fingerprint density at radius 3 is 2.48 bits per heavy atom. The quantitative estimate of drug-likeness (QED) is 0.359. The van der Waals surface area contributed by atoms with Gasteiger partial charge in [0.25, 0.3) is 0 Å². The number of thioether (sulfide) groups is 1. The number of nitrogens with two attached hydrogens (primary N) is 1. The van der Waals surface area contributed by atoms with Crippen molar-refractivity contribution < 1.29 is 4.42 Å². The van der Waals surface area contributed by atoms with Crippen molar-refractivity contribution in [2.75, 3.05) is 5.84 Å². The van der Waals surface area contributed by atoms with Gasteiger partial charge in [-0.3, -0.25) is 0 Å².